The molecule has 8 heteroatoms. The van der Waals surface area contributed by atoms with Crippen molar-refractivity contribution in [3.05, 3.63) is 123 Å². The number of fused-ring (bicyclic) bond motifs is 7. The summed E-state index contributed by atoms with van der Waals surface area (Å²) in [6.45, 7) is 0.374. The van der Waals surface area contributed by atoms with Gasteiger partial charge in [0.1, 0.15) is 0 Å². The van der Waals surface area contributed by atoms with Crippen molar-refractivity contribution < 1.29 is 4.79 Å². The highest BCUT2D eigenvalue weighted by atomic mass is 35.5. The third-order valence-electron chi connectivity index (χ3n) is 9.48. The molecule has 3 aliphatic rings. The monoisotopic (exact) mass is 582 g/mol. The van der Waals surface area contributed by atoms with Gasteiger partial charge in [0.2, 0.25) is 5.91 Å². The Balaban J connectivity index is 1.39. The van der Waals surface area contributed by atoms with Crippen LogP contribution in [0, 0.1) is 11.8 Å². The maximum absolute atomic E-state index is 14.5. The second-order valence-corrected chi connectivity index (χ2v) is 12.1. The summed E-state index contributed by atoms with van der Waals surface area (Å²) in [6.07, 6.45) is 3.68. The molecule has 4 bridgehead atoms. The van der Waals surface area contributed by atoms with Crippen LogP contribution in [0.3, 0.4) is 0 Å². The number of rotatable bonds is 1. The first kappa shape index (κ1) is 24.6. The smallest absolute Gasteiger partial charge is 0.326 e. The molecule has 7 nitrogen and oxygen atoms in total. The van der Waals surface area contributed by atoms with E-state index in [9.17, 15) is 14.4 Å². The standard InChI is InChI=1S/C35H23ClN4O3/c36-27-7-3-6-22-18-9-11-28-25(12-18)33-24(14-31(41)38-28)26(33)17-39-29-13-19(32(22)27)8-10-23(29)34(42)40(35(39)43)30-16-37-15-20-4-1-2-5-21(20)30/h1-13,15-16,24,26,33H,14,17H2,(H,38,41). The number of benzene rings is 4. The third kappa shape index (κ3) is 3.49. The number of nitrogens with one attached hydrogen (secondary N) is 1. The molecule has 3 atom stereocenters. The molecule has 9 rings (SSSR count). The summed E-state index contributed by atoms with van der Waals surface area (Å²) < 4.78 is 2.97. The summed E-state index contributed by atoms with van der Waals surface area (Å²) in [5.41, 5.74) is 5.66. The Labute approximate surface area is 250 Å². The zero-order valence-corrected chi connectivity index (χ0v) is 23.5. The maximum Gasteiger partial charge on any atom is 0.336 e. The average Bonchev–Trinajstić information content (AvgIpc) is 3.71. The number of hydrogen-bond donors (Lipinski definition) is 1. The van der Waals surface area contributed by atoms with E-state index in [1.54, 1.807) is 23.0 Å². The Morgan fingerprint density at radius 1 is 0.837 bits per heavy atom. The highest BCUT2D eigenvalue weighted by Crippen LogP contribution is 2.60. The number of amides is 1. The van der Waals surface area contributed by atoms with Gasteiger partial charge in [-0.25, -0.2) is 9.36 Å². The third-order valence-corrected chi connectivity index (χ3v) is 9.79. The molecule has 4 heterocycles. The van der Waals surface area contributed by atoms with E-state index in [4.69, 9.17) is 11.6 Å². The van der Waals surface area contributed by atoms with Gasteiger partial charge in [-0.3, -0.25) is 19.1 Å². The molecule has 2 aromatic heterocycles. The molecule has 1 N–H and O–H groups in total. The first-order valence-corrected chi connectivity index (χ1v) is 14.7. The van der Waals surface area contributed by atoms with Crippen LogP contribution in [0.5, 0.6) is 0 Å². The van der Waals surface area contributed by atoms with Gasteiger partial charge in [-0.05, 0) is 70.3 Å². The number of halogens is 1. The van der Waals surface area contributed by atoms with Gasteiger partial charge in [0, 0.05) is 46.2 Å². The van der Waals surface area contributed by atoms with Crippen LogP contribution in [0.4, 0.5) is 5.69 Å². The Morgan fingerprint density at radius 3 is 2.60 bits per heavy atom. The first-order chi connectivity index (χ1) is 21.0. The van der Waals surface area contributed by atoms with Crippen LogP contribution < -0.4 is 16.6 Å². The maximum atomic E-state index is 14.5. The number of anilines is 1. The SMILES string of the molecule is O=C1CC2C3Cn4c(=O)n(-c5cncc6ccccc56)c(=O)c5ccc(cc54)-c4c(Cl)cccc4-c4ccc(c(c4)C23)N1. The number of hydrogen-bond acceptors (Lipinski definition) is 4. The molecule has 1 aliphatic carbocycles. The van der Waals surface area contributed by atoms with Crippen molar-refractivity contribution in [1.82, 2.24) is 14.1 Å². The van der Waals surface area contributed by atoms with Crippen LogP contribution in [0.15, 0.2) is 101 Å². The predicted octanol–water partition coefficient (Wildman–Crippen LogP) is 6.37. The Kier molecular flexibility index (Phi) is 5.00. The van der Waals surface area contributed by atoms with E-state index in [0.29, 0.717) is 34.6 Å². The van der Waals surface area contributed by atoms with Gasteiger partial charge < -0.3 is 5.32 Å². The Hall–Kier alpha value is -5.01. The highest BCUT2D eigenvalue weighted by Gasteiger charge is 2.54. The van der Waals surface area contributed by atoms with Crippen molar-refractivity contribution in [2.45, 2.75) is 18.9 Å². The van der Waals surface area contributed by atoms with Crippen molar-refractivity contribution in [3.8, 4) is 27.9 Å². The summed E-state index contributed by atoms with van der Waals surface area (Å²) in [5, 5.41) is 5.69. The normalized spacial score (nSPS) is 19.7. The highest BCUT2D eigenvalue weighted by molar-refractivity contribution is 6.34. The van der Waals surface area contributed by atoms with Crippen LogP contribution in [0.25, 0.3) is 49.6 Å². The molecule has 1 amide bonds. The second-order valence-electron chi connectivity index (χ2n) is 11.7. The quantitative estimate of drug-likeness (QED) is 0.244. The lowest BCUT2D eigenvalue weighted by Gasteiger charge is -2.20. The fourth-order valence-corrected chi connectivity index (χ4v) is 7.71. The summed E-state index contributed by atoms with van der Waals surface area (Å²) in [5.74, 6) is 0.215. The molecule has 6 aromatic rings. The Morgan fingerprint density at radius 2 is 1.70 bits per heavy atom. The van der Waals surface area contributed by atoms with Crippen molar-refractivity contribution in [2.24, 2.45) is 11.8 Å². The fourth-order valence-electron chi connectivity index (χ4n) is 7.43. The van der Waals surface area contributed by atoms with E-state index in [1.165, 1.54) is 4.57 Å². The lowest BCUT2D eigenvalue weighted by molar-refractivity contribution is -0.116. The van der Waals surface area contributed by atoms with E-state index >= 15 is 0 Å². The number of carbonyl (C=O) groups excluding carboxylic acids is 1. The summed E-state index contributed by atoms with van der Waals surface area (Å²) in [6, 6.07) is 25.2. The fraction of sp³-hybridized carbons (Fsp3) is 0.143. The number of carbonyl (C=O) groups is 1. The summed E-state index contributed by atoms with van der Waals surface area (Å²) in [4.78, 5) is 45.9. The molecular weight excluding hydrogens is 560 g/mol. The largest absolute Gasteiger partial charge is 0.336 e. The zero-order valence-electron chi connectivity index (χ0n) is 22.8. The summed E-state index contributed by atoms with van der Waals surface area (Å²) in [7, 11) is 0. The minimum absolute atomic E-state index is 0.0224. The predicted molar refractivity (Wildman–Crippen MR) is 168 cm³/mol. The van der Waals surface area contributed by atoms with Crippen LogP contribution in [-0.2, 0) is 11.3 Å². The molecule has 1 fully saturated rings. The number of nitrogens with zero attached hydrogens (tertiary/aromatic N) is 3. The molecule has 0 radical (unpaired) electrons. The van der Waals surface area contributed by atoms with Crippen molar-refractivity contribution in [3.63, 3.8) is 0 Å². The number of pyridine rings is 1. The van der Waals surface area contributed by atoms with Crippen molar-refractivity contribution in [1.29, 1.82) is 0 Å². The van der Waals surface area contributed by atoms with Gasteiger partial charge in [-0.15, -0.1) is 0 Å². The van der Waals surface area contributed by atoms with E-state index < -0.39 is 11.2 Å². The number of aromatic nitrogens is 3. The zero-order chi connectivity index (χ0) is 29.0. The van der Waals surface area contributed by atoms with E-state index in [0.717, 1.165) is 44.3 Å². The molecular formula is C35H23ClN4O3. The Bertz CT molecular complexity index is 2330. The summed E-state index contributed by atoms with van der Waals surface area (Å²) >= 11 is 6.87. The molecule has 0 spiro atoms. The minimum atomic E-state index is -0.427. The lowest BCUT2D eigenvalue weighted by atomic mass is 9.91. The molecule has 1 saturated carbocycles. The van der Waals surface area contributed by atoms with Gasteiger partial charge in [0.15, 0.2) is 0 Å². The molecule has 0 saturated heterocycles. The van der Waals surface area contributed by atoms with Crippen molar-refractivity contribution in [2.75, 3.05) is 5.32 Å². The average molecular weight is 583 g/mol. The van der Waals surface area contributed by atoms with Crippen LogP contribution in [-0.4, -0.2) is 20.0 Å². The van der Waals surface area contributed by atoms with Crippen LogP contribution in [0.2, 0.25) is 5.02 Å². The van der Waals surface area contributed by atoms with Crippen LogP contribution in [0.1, 0.15) is 17.9 Å². The van der Waals surface area contributed by atoms with E-state index in [2.05, 4.69) is 16.4 Å². The minimum Gasteiger partial charge on any atom is -0.326 e. The van der Waals surface area contributed by atoms with Gasteiger partial charge in [-0.2, -0.15) is 0 Å². The van der Waals surface area contributed by atoms with Crippen molar-refractivity contribution >= 4 is 44.9 Å². The van der Waals surface area contributed by atoms with Gasteiger partial charge in [0.25, 0.3) is 5.56 Å². The molecule has 3 unspecified atom stereocenters. The van der Waals surface area contributed by atoms with Gasteiger partial charge in [-0.1, -0.05) is 60.1 Å². The van der Waals surface area contributed by atoms with E-state index in [-0.39, 0.29) is 23.7 Å². The van der Waals surface area contributed by atoms with Gasteiger partial charge in [0.05, 0.1) is 22.8 Å². The second kappa shape index (κ2) is 8.75. The van der Waals surface area contributed by atoms with Crippen LogP contribution >= 0.6 is 11.6 Å². The topological polar surface area (TPSA) is 86.0 Å². The molecule has 4 aromatic carbocycles. The molecule has 43 heavy (non-hydrogen) atoms. The molecule has 208 valence electrons. The van der Waals surface area contributed by atoms with Gasteiger partial charge >= 0.3 is 5.69 Å². The van der Waals surface area contributed by atoms with E-state index in [1.807, 2.05) is 66.7 Å². The molecule has 2 aliphatic heterocycles. The first-order valence-electron chi connectivity index (χ1n) is 14.3. The lowest BCUT2D eigenvalue weighted by Crippen LogP contribution is -2.39.